The molecule has 0 aliphatic heterocycles. The van der Waals surface area contributed by atoms with E-state index in [-0.39, 0.29) is 23.9 Å². The highest BCUT2D eigenvalue weighted by molar-refractivity contribution is 7.89. The van der Waals surface area contributed by atoms with Gasteiger partial charge < -0.3 is 4.90 Å². The van der Waals surface area contributed by atoms with Gasteiger partial charge in [-0.3, -0.25) is 4.79 Å². The second-order valence-corrected chi connectivity index (χ2v) is 7.70. The molecule has 0 saturated carbocycles. The number of carbonyl (C=O) groups is 1. The second-order valence-electron chi connectivity index (χ2n) is 5.97. The highest BCUT2D eigenvalue weighted by Crippen LogP contribution is 2.20. The maximum atomic E-state index is 12.5. The van der Waals surface area contributed by atoms with Crippen LogP contribution in [0.5, 0.6) is 0 Å². The molecule has 2 aromatic rings. The lowest BCUT2D eigenvalue weighted by molar-refractivity contribution is -0.116. The van der Waals surface area contributed by atoms with Crippen molar-refractivity contribution in [3.8, 4) is 6.07 Å². The van der Waals surface area contributed by atoms with Crippen molar-refractivity contribution in [3.05, 3.63) is 59.2 Å². The lowest BCUT2D eigenvalue weighted by atomic mass is 10.1. The third-order valence-electron chi connectivity index (χ3n) is 3.96. The van der Waals surface area contributed by atoms with Crippen LogP contribution in [0.4, 0.5) is 5.69 Å². The standard InChI is InChI=1S/C19H21N3O3S/c1-14-8-9-15(2)19(12-14)26(24,25)21-10-11-22(16(3)23)18-7-5-4-6-17(18)13-20/h4-9,12,21H,10-11H2,1-3H3. The first-order valence-electron chi connectivity index (χ1n) is 8.10. The summed E-state index contributed by atoms with van der Waals surface area (Å²) in [5, 5.41) is 9.21. The molecule has 0 bridgehead atoms. The van der Waals surface area contributed by atoms with Crippen LogP contribution in [0.15, 0.2) is 47.4 Å². The summed E-state index contributed by atoms with van der Waals surface area (Å²) >= 11 is 0. The van der Waals surface area contributed by atoms with Crippen molar-refractivity contribution in [2.45, 2.75) is 25.7 Å². The number of amides is 1. The molecule has 0 aromatic heterocycles. The van der Waals surface area contributed by atoms with E-state index in [9.17, 15) is 18.5 Å². The Morgan fingerprint density at radius 1 is 1.19 bits per heavy atom. The van der Waals surface area contributed by atoms with Crippen molar-refractivity contribution >= 4 is 21.6 Å². The quantitative estimate of drug-likeness (QED) is 0.845. The molecule has 7 heteroatoms. The minimum absolute atomic E-state index is 0.0368. The van der Waals surface area contributed by atoms with E-state index in [0.29, 0.717) is 16.8 Å². The van der Waals surface area contributed by atoms with Gasteiger partial charge in [-0.25, -0.2) is 13.1 Å². The van der Waals surface area contributed by atoms with Gasteiger partial charge in [-0.2, -0.15) is 5.26 Å². The van der Waals surface area contributed by atoms with Gasteiger partial charge in [-0.05, 0) is 43.2 Å². The Bertz CT molecular complexity index is 962. The highest BCUT2D eigenvalue weighted by atomic mass is 32.2. The number of nitrogens with one attached hydrogen (secondary N) is 1. The third-order valence-corrected chi connectivity index (χ3v) is 5.56. The first-order valence-corrected chi connectivity index (χ1v) is 9.58. The number of rotatable bonds is 6. The van der Waals surface area contributed by atoms with Crippen LogP contribution in [0.2, 0.25) is 0 Å². The van der Waals surface area contributed by atoms with Crippen molar-refractivity contribution in [2.24, 2.45) is 0 Å². The monoisotopic (exact) mass is 371 g/mol. The van der Waals surface area contributed by atoms with Crippen molar-refractivity contribution < 1.29 is 13.2 Å². The van der Waals surface area contributed by atoms with Gasteiger partial charge in [-0.15, -0.1) is 0 Å². The Morgan fingerprint density at radius 3 is 2.54 bits per heavy atom. The number of sulfonamides is 1. The molecule has 1 N–H and O–H groups in total. The SMILES string of the molecule is CC(=O)N(CCNS(=O)(=O)c1cc(C)ccc1C)c1ccccc1C#N. The molecule has 2 aromatic carbocycles. The molecule has 6 nitrogen and oxygen atoms in total. The van der Waals surface area contributed by atoms with Crippen LogP contribution in [0.25, 0.3) is 0 Å². The van der Waals surface area contributed by atoms with E-state index in [1.165, 1.54) is 11.8 Å². The average molecular weight is 371 g/mol. The molecule has 0 radical (unpaired) electrons. The molecule has 0 aliphatic carbocycles. The van der Waals surface area contributed by atoms with Crippen LogP contribution < -0.4 is 9.62 Å². The number of benzene rings is 2. The molecule has 0 aliphatic rings. The molecule has 136 valence electrons. The summed E-state index contributed by atoms with van der Waals surface area (Å²) in [5.41, 5.74) is 2.33. The predicted molar refractivity (Wildman–Crippen MR) is 100 cm³/mol. The minimum atomic E-state index is -3.69. The van der Waals surface area contributed by atoms with Crippen LogP contribution in [0.3, 0.4) is 0 Å². The van der Waals surface area contributed by atoms with Crippen molar-refractivity contribution in [3.63, 3.8) is 0 Å². The largest absolute Gasteiger partial charge is 0.310 e. The number of nitriles is 1. The van der Waals surface area contributed by atoms with Crippen LogP contribution in [0.1, 0.15) is 23.6 Å². The molecule has 0 atom stereocenters. The summed E-state index contributed by atoms with van der Waals surface area (Å²) in [6.07, 6.45) is 0. The molecular formula is C19H21N3O3S. The summed E-state index contributed by atoms with van der Waals surface area (Å²) in [5.74, 6) is -0.265. The van der Waals surface area contributed by atoms with Gasteiger partial charge in [0, 0.05) is 20.0 Å². The van der Waals surface area contributed by atoms with Crippen LogP contribution in [-0.4, -0.2) is 27.4 Å². The molecule has 0 heterocycles. The normalized spacial score (nSPS) is 11.0. The van der Waals surface area contributed by atoms with Gasteiger partial charge in [0.25, 0.3) is 0 Å². The van der Waals surface area contributed by atoms with Gasteiger partial charge in [0.15, 0.2) is 0 Å². The number of aryl methyl sites for hydroxylation is 2. The first kappa shape index (κ1) is 19.6. The Balaban J connectivity index is 2.17. The van der Waals surface area contributed by atoms with Gasteiger partial charge in [0.2, 0.25) is 15.9 Å². The van der Waals surface area contributed by atoms with E-state index in [1.807, 2.05) is 19.1 Å². The van der Waals surface area contributed by atoms with Crippen molar-refractivity contribution in [1.29, 1.82) is 5.26 Å². The fraction of sp³-hybridized carbons (Fsp3) is 0.263. The van der Waals surface area contributed by atoms with Crippen LogP contribution >= 0.6 is 0 Å². The Hall–Kier alpha value is -2.69. The zero-order chi connectivity index (χ0) is 19.3. The summed E-state index contributed by atoms with van der Waals surface area (Å²) in [4.78, 5) is 13.6. The smallest absolute Gasteiger partial charge is 0.240 e. The Kier molecular flexibility index (Phi) is 6.14. The van der Waals surface area contributed by atoms with Gasteiger partial charge in [-0.1, -0.05) is 24.3 Å². The number of para-hydroxylation sites is 1. The topological polar surface area (TPSA) is 90.3 Å². The summed E-state index contributed by atoms with van der Waals surface area (Å²) in [6, 6.07) is 14.0. The van der Waals surface area contributed by atoms with Crippen molar-refractivity contribution in [1.82, 2.24) is 4.72 Å². The Morgan fingerprint density at radius 2 is 1.88 bits per heavy atom. The Labute approximate surface area is 154 Å². The van der Waals surface area contributed by atoms with Gasteiger partial charge in [0.05, 0.1) is 16.1 Å². The average Bonchev–Trinajstić information content (AvgIpc) is 2.60. The lowest BCUT2D eigenvalue weighted by Gasteiger charge is -2.22. The summed E-state index contributed by atoms with van der Waals surface area (Å²) < 4.78 is 27.6. The molecule has 0 saturated heterocycles. The molecule has 26 heavy (non-hydrogen) atoms. The maximum Gasteiger partial charge on any atom is 0.240 e. The fourth-order valence-corrected chi connectivity index (χ4v) is 3.97. The number of hydrogen-bond acceptors (Lipinski definition) is 4. The second kappa shape index (κ2) is 8.13. The van der Waals surface area contributed by atoms with E-state index in [2.05, 4.69) is 4.72 Å². The van der Waals surface area contributed by atoms with Crippen LogP contribution in [-0.2, 0) is 14.8 Å². The zero-order valence-electron chi connectivity index (χ0n) is 15.0. The molecule has 1 amide bonds. The van der Waals surface area contributed by atoms with E-state index in [1.54, 1.807) is 43.3 Å². The number of carbonyl (C=O) groups excluding carboxylic acids is 1. The zero-order valence-corrected chi connectivity index (χ0v) is 15.8. The van der Waals surface area contributed by atoms with E-state index < -0.39 is 10.0 Å². The number of nitrogens with zero attached hydrogens (tertiary/aromatic N) is 2. The van der Waals surface area contributed by atoms with E-state index in [4.69, 9.17) is 0 Å². The molecule has 0 spiro atoms. The predicted octanol–water partition coefficient (Wildman–Crippen LogP) is 2.51. The molecule has 0 unspecified atom stereocenters. The summed E-state index contributed by atoms with van der Waals surface area (Å²) in [6.45, 7) is 5.11. The lowest BCUT2D eigenvalue weighted by Crippen LogP contribution is -2.38. The third kappa shape index (κ3) is 4.48. The summed E-state index contributed by atoms with van der Waals surface area (Å²) in [7, 11) is -3.69. The van der Waals surface area contributed by atoms with Gasteiger partial charge >= 0.3 is 0 Å². The highest BCUT2D eigenvalue weighted by Gasteiger charge is 2.19. The van der Waals surface area contributed by atoms with Crippen LogP contribution in [0, 0.1) is 25.2 Å². The molecule has 2 rings (SSSR count). The van der Waals surface area contributed by atoms with E-state index >= 15 is 0 Å². The maximum absolute atomic E-state index is 12.5. The molecular weight excluding hydrogens is 350 g/mol. The van der Waals surface area contributed by atoms with Gasteiger partial charge in [0.1, 0.15) is 6.07 Å². The number of anilines is 1. The molecule has 0 fully saturated rings. The number of hydrogen-bond donors (Lipinski definition) is 1. The minimum Gasteiger partial charge on any atom is -0.310 e. The van der Waals surface area contributed by atoms with E-state index in [0.717, 1.165) is 5.56 Å². The fourth-order valence-electron chi connectivity index (χ4n) is 2.62. The first-order chi connectivity index (χ1) is 12.3. The van der Waals surface area contributed by atoms with Crippen molar-refractivity contribution in [2.75, 3.05) is 18.0 Å².